The average Bonchev–Trinajstić information content (AvgIpc) is 3.34. The van der Waals surface area contributed by atoms with Gasteiger partial charge in [-0.25, -0.2) is 0 Å². The highest BCUT2D eigenvalue weighted by atomic mass is 35.5. The first-order valence-corrected chi connectivity index (χ1v) is 12.5. The summed E-state index contributed by atoms with van der Waals surface area (Å²) in [5, 5.41) is 17.2. The summed E-state index contributed by atoms with van der Waals surface area (Å²) in [4.78, 5) is 17.2. The van der Waals surface area contributed by atoms with Crippen molar-refractivity contribution in [3.8, 4) is 5.69 Å². The Balaban J connectivity index is 1.49. The van der Waals surface area contributed by atoms with Crippen LogP contribution in [0.4, 0.5) is 0 Å². The number of amidine groups is 2. The van der Waals surface area contributed by atoms with Crippen molar-refractivity contribution >= 4 is 51.4 Å². The number of halogens is 1. The van der Waals surface area contributed by atoms with Gasteiger partial charge in [-0.2, -0.15) is 15.1 Å². The second-order valence-electron chi connectivity index (χ2n) is 8.84. The van der Waals surface area contributed by atoms with Gasteiger partial charge in [0.05, 0.1) is 5.57 Å². The molecule has 0 saturated heterocycles. The zero-order chi connectivity index (χ0) is 23.3. The molecule has 0 atom stereocenters. The van der Waals surface area contributed by atoms with Gasteiger partial charge in [0.15, 0.2) is 5.84 Å². The number of amides is 1. The predicted molar refractivity (Wildman–Crippen MR) is 137 cm³/mol. The summed E-state index contributed by atoms with van der Waals surface area (Å²) in [6.07, 6.45) is 7.69. The SMILES string of the molecule is Cc1c(Cl)cccc1-n1c(C)cc(/C=C2/C(=N)N3N=C(C4CCCCC4)SC3=NC2=O)c1C. The first-order chi connectivity index (χ1) is 15.8. The number of nitrogens with zero attached hydrogens (tertiary/aromatic N) is 4. The molecule has 5 rings (SSSR count). The molecule has 8 heteroatoms. The van der Waals surface area contributed by atoms with Crippen LogP contribution in [0.5, 0.6) is 0 Å². The van der Waals surface area contributed by atoms with Crippen LogP contribution in [0.25, 0.3) is 11.8 Å². The van der Waals surface area contributed by atoms with Crippen molar-refractivity contribution in [1.82, 2.24) is 9.58 Å². The Kier molecular flexibility index (Phi) is 5.79. The number of carbonyl (C=O) groups is 1. The largest absolute Gasteiger partial charge is 0.318 e. The molecule has 1 aromatic carbocycles. The molecule has 1 aromatic heterocycles. The first kappa shape index (κ1) is 22.2. The van der Waals surface area contributed by atoms with E-state index >= 15 is 0 Å². The minimum atomic E-state index is -0.386. The van der Waals surface area contributed by atoms with E-state index in [1.54, 1.807) is 6.08 Å². The summed E-state index contributed by atoms with van der Waals surface area (Å²) in [5.74, 6) is 0.113. The van der Waals surface area contributed by atoms with Gasteiger partial charge in [0.1, 0.15) is 5.04 Å². The number of fused-ring (bicyclic) bond motifs is 1. The molecule has 2 aromatic rings. The summed E-state index contributed by atoms with van der Waals surface area (Å²) in [7, 11) is 0. The van der Waals surface area contributed by atoms with E-state index in [2.05, 4.69) is 9.56 Å². The number of hydrogen-bond acceptors (Lipinski definition) is 4. The molecule has 1 aliphatic carbocycles. The molecule has 0 spiro atoms. The third kappa shape index (κ3) is 3.87. The Labute approximate surface area is 202 Å². The number of hydrogen-bond donors (Lipinski definition) is 1. The molecule has 1 N–H and O–H groups in total. The number of aromatic nitrogens is 1. The molecule has 0 radical (unpaired) electrons. The molecule has 1 fully saturated rings. The van der Waals surface area contributed by atoms with E-state index in [1.807, 2.05) is 45.0 Å². The Bertz CT molecular complexity index is 1270. The lowest BCUT2D eigenvalue weighted by atomic mass is 9.90. The maximum atomic E-state index is 12.9. The molecule has 3 heterocycles. The van der Waals surface area contributed by atoms with Crippen molar-refractivity contribution in [2.24, 2.45) is 16.0 Å². The lowest BCUT2D eigenvalue weighted by Gasteiger charge is -2.20. The van der Waals surface area contributed by atoms with Crippen LogP contribution >= 0.6 is 23.4 Å². The van der Waals surface area contributed by atoms with Crippen LogP contribution in [0, 0.1) is 32.1 Å². The average molecular weight is 480 g/mol. The van der Waals surface area contributed by atoms with Gasteiger partial charge in [-0.1, -0.05) is 36.9 Å². The maximum Gasteiger partial charge on any atom is 0.283 e. The van der Waals surface area contributed by atoms with Gasteiger partial charge in [-0.15, -0.1) is 0 Å². The topological polar surface area (TPSA) is 73.8 Å². The van der Waals surface area contributed by atoms with Gasteiger partial charge >= 0.3 is 0 Å². The summed E-state index contributed by atoms with van der Waals surface area (Å²) < 4.78 is 2.13. The van der Waals surface area contributed by atoms with Crippen LogP contribution in [0.1, 0.15) is 54.6 Å². The van der Waals surface area contributed by atoms with Gasteiger partial charge in [0.2, 0.25) is 5.17 Å². The Morgan fingerprint density at radius 3 is 2.70 bits per heavy atom. The third-order valence-electron chi connectivity index (χ3n) is 6.67. The van der Waals surface area contributed by atoms with Crippen LogP contribution < -0.4 is 0 Å². The first-order valence-electron chi connectivity index (χ1n) is 11.3. The van der Waals surface area contributed by atoms with Crippen LogP contribution in [0.15, 0.2) is 39.9 Å². The van der Waals surface area contributed by atoms with Gasteiger partial charge in [0, 0.05) is 28.0 Å². The van der Waals surface area contributed by atoms with Crippen molar-refractivity contribution < 1.29 is 4.79 Å². The van der Waals surface area contributed by atoms with Gasteiger partial charge in [-0.05, 0) is 80.8 Å². The lowest BCUT2D eigenvalue weighted by molar-refractivity contribution is -0.114. The van der Waals surface area contributed by atoms with Gasteiger partial charge in [-0.3, -0.25) is 10.2 Å². The smallest absolute Gasteiger partial charge is 0.283 e. The van der Waals surface area contributed by atoms with Crippen molar-refractivity contribution in [3.05, 3.63) is 57.4 Å². The number of thioether (sulfide) groups is 1. The van der Waals surface area contributed by atoms with Gasteiger partial charge < -0.3 is 4.57 Å². The summed E-state index contributed by atoms with van der Waals surface area (Å²) in [5.41, 5.74) is 5.14. The molecular weight excluding hydrogens is 454 g/mol. The zero-order valence-corrected chi connectivity index (χ0v) is 20.6. The molecule has 33 heavy (non-hydrogen) atoms. The standard InChI is InChI=1S/C25H26ClN5OS/c1-14-12-18(16(3)30(14)21-11-7-10-20(26)15(21)2)13-19-22(27)31-25(28-23(19)32)33-24(29-31)17-8-5-4-6-9-17/h7,10-13,17,27H,4-6,8-9H2,1-3H3/b19-13-,27-22?. The highest BCUT2D eigenvalue weighted by Gasteiger charge is 2.38. The van der Waals surface area contributed by atoms with Crippen LogP contribution in [0.2, 0.25) is 5.02 Å². The molecule has 3 aliphatic rings. The number of nitrogens with one attached hydrogen (secondary N) is 1. The van der Waals surface area contributed by atoms with Crippen molar-refractivity contribution in [1.29, 1.82) is 5.41 Å². The van der Waals surface area contributed by atoms with Crippen molar-refractivity contribution in [2.75, 3.05) is 0 Å². The van der Waals surface area contributed by atoms with Crippen LogP contribution in [-0.2, 0) is 4.79 Å². The number of rotatable bonds is 3. The zero-order valence-electron chi connectivity index (χ0n) is 19.0. The second-order valence-corrected chi connectivity index (χ2v) is 10.2. The summed E-state index contributed by atoms with van der Waals surface area (Å²) in [6.45, 7) is 6.03. The normalized spacial score (nSPS) is 20.4. The molecule has 0 unspecified atom stereocenters. The van der Waals surface area contributed by atoms with Crippen molar-refractivity contribution in [2.45, 2.75) is 52.9 Å². The Hall–Kier alpha value is -2.64. The predicted octanol–water partition coefficient (Wildman–Crippen LogP) is 6.26. The van der Waals surface area contributed by atoms with E-state index < -0.39 is 0 Å². The number of aliphatic imine (C=N–C) groups is 1. The van der Waals surface area contributed by atoms with Crippen LogP contribution in [0.3, 0.4) is 0 Å². The molecule has 6 nitrogen and oxygen atoms in total. The molecule has 0 bridgehead atoms. The van der Waals surface area contributed by atoms with E-state index in [-0.39, 0.29) is 17.3 Å². The highest BCUT2D eigenvalue weighted by molar-refractivity contribution is 8.27. The monoisotopic (exact) mass is 479 g/mol. The fraction of sp³-hybridized carbons (Fsp3) is 0.360. The van der Waals surface area contributed by atoms with E-state index in [9.17, 15) is 4.79 Å². The highest BCUT2D eigenvalue weighted by Crippen LogP contribution is 2.36. The molecule has 2 aliphatic heterocycles. The molecule has 170 valence electrons. The minimum Gasteiger partial charge on any atom is -0.318 e. The fourth-order valence-corrected chi connectivity index (χ4v) is 6.05. The number of aryl methyl sites for hydroxylation is 1. The molecule has 1 amide bonds. The third-order valence-corrected chi connectivity index (χ3v) is 8.16. The van der Waals surface area contributed by atoms with Gasteiger partial charge in [0.25, 0.3) is 5.91 Å². The number of hydrazone groups is 1. The van der Waals surface area contributed by atoms with E-state index in [0.717, 1.165) is 46.1 Å². The number of carbonyl (C=O) groups excluding carboxylic acids is 1. The Morgan fingerprint density at radius 1 is 1.18 bits per heavy atom. The summed E-state index contributed by atoms with van der Waals surface area (Å²) in [6, 6.07) is 7.87. The molecule has 1 saturated carbocycles. The summed E-state index contributed by atoms with van der Waals surface area (Å²) >= 11 is 7.80. The maximum absolute atomic E-state index is 12.9. The fourth-order valence-electron chi connectivity index (χ4n) is 4.82. The quantitative estimate of drug-likeness (QED) is 0.528. The lowest BCUT2D eigenvalue weighted by Crippen LogP contribution is -2.35. The molecular formula is C25H26ClN5OS. The van der Waals surface area contributed by atoms with E-state index in [1.165, 1.54) is 36.0 Å². The van der Waals surface area contributed by atoms with Crippen LogP contribution in [-0.4, -0.2) is 31.5 Å². The Morgan fingerprint density at radius 2 is 1.94 bits per heavy atom. The van der Waals surface area contributed by atoms with E-state index in [4.69, 9.17) is 22.1 Å². The number of benzene rings is 1. The second kappa shape index (κ2) is 8.61. The van der Waals surface area contributed by atoms with Crippen molar-refractivity contribution in [3.63, 3.8) is 0 Å². The van der Waals surface area contributed by atoms with E-state index in [0.29, 0.717) is 16.1 Å². The minimum absolute atomic E-state index is 0.0899.